The molecule has 0 unspecified atom stereocenters. The van der Waals surface area contributed by atoms with Crippen molar-refractivity contribution in [2.45, 2.75) is 78.2 Å². The lowest BCUT2D eigenvalue weighted by molar-refractivity contribution is 0.00193. The first-order valence-corrected chi connectivity index (χ1v) is 13.2. The largest absolute Gasteiger partial charge is 0.517 e. The van der Waals surface area contributed by atoms with Crippen LogP contribution in [0, 0.1) is 0 Å². The average Bonchev–Trinajstić information content (AvgIpc) is 3.29. The van der Waals surface area contributed by atoms with Gasteiger partial charge in [-0.1, -0.05) is 12.1 Å². The maximum absolute atomic E-state index is 13.1. The van der Waals surface area contributed by atoms with E-state index in [9.17, 15) is 29.2 Å². The molecule has 1 aromatic heterocycles. The summed E-state index contributed by atoms with van der Waals surface area (Å²) in [5, 5.41) is 22.7. The highest BCUT2D eigenvalue weighted by atomic mass is 16.8. The molecule has 2 heterocycles. The molecule has 0 saturated heterocycles. The highest BCUT2D eigenvalue weighted by Crippen LogP contribution is 2.28. The summed E-state index contributed by atoms with van der Waals surface area (Å²) in [6, 6.07) is 6.28. The van der Waals surface area contributed by atoms with Gasteiger partial charge in [0.2, 0.25) is 0 Å². The van der Waals surface area contributed by atoms with E-state index in [-0.39, 0.29) is 36.4 Å². The van der Waals surface area contributed by atoms with E-state index in [4.69, 9.17) is 18.9 Å². The van der Waals surface area contributed by atoms with Gasteiger partial charge in [-0.25, -0.2) is 14.4 Å². The van der Waals surface area contributed by atoms with Crippen molar-refractivity contribution < 1.29 is 48.2 Å². The molecular weight excluding hydrogens is 549 g/mol. The van der Waals surface area contributed by atoms with Crippen LogP contribution < -0.4 is 10.1 Å². The van der Waals surface area contributed by atoms with E-state index < -0.39 is 48.4 Å². The van der Waals surface area contributed by atoms with Crippen LogP contribution in [0.15, 0.2) is 30.5 Å². The number of pyridine rings is 1. The maximum atomic E-state index is 13.1. The Kier molecular flexibility index (Phi) is 9.84. The highest BCUT2D eigenvalue weighted by molar-refractivity contribution is 6.43. The molecule has 0 spiro atoms. The Labute approximate surface area is 244 Å². The van der Waals surface area contributed by atoms with Crippen LogP contribution in [0.4, 0.5) is 9.59 Å². The van der Waals surface area contributed by atoms with Crippen LogP contribution >= 0.6 is 0 Å². The van der Waals surface area contributed by atoms with Crippen molar-refractivity contribution in [3.05, 3.63) is 58.4 Å². The highest BCUT2D eigenvalue weighted by Gasteiger charge is 2.32. The van der Waals surface area contributed by atoms with Crippen molar-refractivity contribution in [3.63, 3.8) is 0 Å². The Balaban J connectivity index is 1.71. The van der Waals surface area contributed by atoms with E-state index in [0.717, 1.165) is 0 Å². The molecule has 1 atom stereocenters. The van der Waals surface area contributed by atoms with Crippen molar-refractivity contribution >= 4 is 31.2 Å². The van der Waals surface area contributed by atoms with Crippen LogP contribution in [0.3, 0.4) is 0 Å². The SMILES string of the molecule is COc1c(C[C@H](NC(=O)c2cnc3c(c2)CN(C(=O)OC(=O)OC(C)(C)C)C3)B(O)O)cccc1C(=O)OC(C)(C)C. The summed E-state index contributed by atoms with van der Waals surface area (Å²) in [6.07, 6.45) is -0.842. The minimum absolute atomic E-state index is 0.0335. The number of aromatic nitrogens is 1. The van der Waals surface area contributed by atoms with Crippen LogP contribution in [0.2, 0.25) is 0 Å². The molecule has 0 saturated carbocycles. The van der Waals surface area contributed by atoms with E-state index in [2.05, 4.69) is 10.3 Å². The fourth-order valence-corrected chi connectivity index (χ4v) is 4.12. The van der Waals surface area contributed by atoms with E-state index in [1.807, 2.05) is 0 Å². The van der Waals surface area contributed by atoms with Gasteiger partial charge in [-0.2, -0.15) is 0 Å². The van der Waals surface area contributed by atoms with E-state index in [1.54, 1.807) is 53.7 Å². The van der Waals surface area contributed by atoms with Gasteiger partial charge in [-0.3, -0.25) is 14.7 Å². The molecular formula is C28H36BN3O10. The second-order valence-corrected chi connectivity index (χ2v) is 11.7. The molecule has 13 nitrogen and oxygen atoms in total. The summed E-state index contributed by atoms with van der Waals surface area (Å²) < 4.78 is 20.6. The molecule has 0 aliphatic carbocycles. The van der Waals surface area contributed by atoms with Gasteiger partial charge in [-0.15, -0.1) is 0 Å². The Bertz CT molecular complexity index is 1350. The first kappa shape index (κ1) is 32.4. The Morgan fingerprint density at radius 1 is 1.05 bits per heavy atom. The zero-order valence-electron chi connectivity index (χ0n) is 24.7. The third-order valence-corrected chi connectivity index (χ3v) is 5.88. The number of nitrogens with one attached hydrogen (secondary N) is 1. The zero-order chi connectivity index (χ0) is 31.4. The molecule has 14 heteroatoms. The minimum Gasteiger partial charge on any atom is -0.496 e. The van der Waals surface area contributed by atoms with Crippen LogP contribution in [-0.4, -0.2) is 75.4 Å². The van der Waals surface area contributed by atoms with Crippen molar-refractivity contribution in [2.24, 2.45) is 0 Å². The third kappa shape index (κ3) is 8.67. The lowest BCUT2D eigenvalue weighted by Gasteiger charge is -2.22. The Morgan fingerprint density at radius 2 is 1.71 bits per heavy atom. The summed E-state index contributed by atoms with van der Waals surface area (Å²) in [7, 11) is -0.581. The Hall–Kier alpha value is -4.17. The smallest absolute Gasteiger partial charge is 0.496 e. The number of carbonyl (C=O) groups excluding carboxylic acids is 4. The lowest BCUT2D eigenvalue weighted by Crippen LogP contribution is -2.48. The number of hydrogen-bond donors (Lipinski definition) is 3. The topological polar surface area (TPSA) is 174 Å². The van der Waals surface area contributed by atoms with Crippen molar-refractivity contribution in [3.8, 4) is 5.75 Å². The van der Waals surface area contributed by atoms with Crippen molar-refractivity contribution in [1.29, 1.82) is 0 Å². The molecule has 1 aliphatic heterocycles. The molecule has 2 aromatic rings. The number of hydrogen-bond acceptors (Lipinski definition) is 11. The zero-order valence-corrected chi connectivity index (χ0v) is 24.7. The molecule has 1 aliphatic rings. The third-order valence-electron chi connectivity index (χ3n) is 5.88. The fourth-order valence-electron chi connectivity index (χ4n) is 4.12. The number of nitrogens with zero attached hydrogens (tertiary/aromatic N) is 2. The van der Waals surface area contributed by atoms with Gasteiger partial charge >= 0.3 is 25.3 Å². The molecule has 0 fully saturated rings. The molecule has 226 valence electrons. The molecule has 42 heavy (non-hydrogen) atoms. The first-order valence-electron chi connectivity index (χ1n) is 13.2. The maximum Gasteiger partial charge on any atom is 0.517 e. The van der Waals surface area contributed by atoms with Crippen LogP contribution in [-0.2, 0) is 33.7 Å². The minimum atomic E-state index is -1.95. The van der Waals surface area contributed by atoms with E-state index in [1.165, 1.54) is 30.3 Å². The van der Waals surface area contributed by atoms with Crippen LogP contribution in [0.25, 0.3) is 0 Å². The van der Waals surface area contributed by atoms with Gasteiger partial charge in [0.15, 0.2) is 0 Å². The normalized spacial score (nSPS) is 13.5. The van der Waals surface area contributed by atoms with Gasteiger partial charge < -0.3 is 34.3 Å². The van der Waals surface area contributed by atoms with E-state index >= 15 is 0 Å². The number of amides is 2. The number of para-hydroxylation sites is 1. The van der Waals surface area contributed by atoms with Gasteiger partial charge in [0.25, 0.3) is 5.91 Å². The second kappa shape index (κ2) is 12.8. The van der Waals surface area contributed by atoms with Crippen molar-refractivity contribution in [2.75, 3.05) is 7.11 Å². The standard InChI is InChI=1S/C28H36BN3O10/c1-27(2,3)41-24(34)19-10-8-9-16(22(19)39-7)12-21(29(37)38)31-23(33)17-11-18-14-32(15-20(18)30-13-17)25(35)40-26(36)42-28(4,5)6/h8-11,13,21,37-38H,12,14-15H2,1-7H3,(H,31,33)/t21-/m0/s1. The molecule has 2 amide bonds. The molecule has 0 radical (unpaired) electrons. The molecule has 3 N–H and O–H groups in total. The van der Waals surface area contributed by atoms with Crippen LogP contribution in [0.5, 0.6) is 5.75 Å². The van der Waals surface area contributed by atoms with Gasteiger partial charge in [0, 0.05) is 6.20 Å². The van der Waals surface area contributed by atoms with Crippen LogP contribution in [0.1, 0.15) is 79.1 Å². The first-order chi connectivity index (χ1) is 19.5. The number of rotatable bonds is 7. The number of ether oxygens (including phenoxy) is 4. The summed E-state index contributed by atoms with van der Waals surface area (Å²) in [5.74, 6) is -2.27. The predicted molar refractivity (Wildman–Crippen MR) is 150 cm³/mol. The summed E-state index contributed by atoms with van der Waals surface area (Å²) >= 11 is 0. The van der Waals surface area contributed by atoms with Gasteiger partial charge in [0.05, 0.1) is 37.4 Å². The van der Waals surface area contributed by atoms with E-state index in [0.29, 0.717) is 16.8 Å². The summed E-state index contributed by atoms with van der Waals surface area (Å²) in [4.78, 5) is 55.5. The Morgan fingerprint density at radius 3 is 2.31 bits per heavy atom. The second-order valence-electron chi connectivity index (χ2n) is 11.7. The van der Waals surface area contributed by atoms with Gasteiger partial charge in [0.1, 0.15) is 22.5 Å². The number of carbonyl (C=O) groups is 4. The lowest BCUT2D eigenvalue weighted by atomic mass is 9.75. The number of methoxy groups -OCH3 is 1. The molecule has 1 aromatic carbocycles. The van der Waals surface area contributed by atoms with Crippen molar-refractivity contribution in [1.82, 2.24) is 15.2 Å². The molecule has 3 rings (SSSR count). The predicted octanol–water partition coefficient (Wildman–Crippen LogP) is 2.79. The number of benzene rings is 1. The number of fused-ring (bicyclic) bond motifs is 1. The average molecular weight is 585 g/mol. The summed E-state index contributed by atoms with van der Waals surface area (Å²) in [6.45, 7) is 10.2. The monoisotopic (exact) mass is 585 g/mol. The quantitative estimate of drug-likeness (QED) is 0.248. The number of esters is 1. The fraction of sp³-hybridized carbons (Fsp3) is 0.464. The summed E-state index contributed by atoms with van der Waals surface area (Å²) in [5.41, 5.74) is 0.185. The molecule has 0 bridgehead atoms. The van der Waals surface area contributed by atoms with Gasteiger partial charge in [-0.05, 0) is 71.2 Å².